The molecule has 0 heterocycles. The van der Waals surface area contributed by atoms with Crippen LogP contribution in [0, 0.1) is 0 Å². The molecule has 170 valence electrons. The molecule has 9 nitrogen and oxygen atoms in total. The highest BCUT2D eigenvalue weighted by atomic mass is 32.2. The van der Waals surface area contributed by atoms with Crippen LogP contribution >= 0.6 is 0 Å². The standard InChI is InChI=1S/C20H27N3O6S2/c1-15(2)29-18-10-6-16(7-11-18)21-20(24)14-23(30(5,25)26)17-8-12-19(13-9-17)31(27,28)22(3)4/h6-13,15H,14H2,1-5H3,(H,21,24). The molecular formula is C20H27N3O6S2. The Labute approximate surface area is 183 Å². The molecule has 0 radical (unpaired) electrons. The number of carbonyl (C=O) groups is 1. The molecule has 0 fully saturated rings. The van der Waals surface area contributed by atoms with Crippen LogP contribution in [0.15, 0.2) is 53.4 Å². The quantitative estimate of drug-likeness (QED) is 0.602. The minimum Gasteiger partial charge on any atom is -0.491 e. The summed E-state index contributed by atoms with van der Waals surface area (Å²) in [6, 6.07) is 12.0. The summed E-state index contributed by atoms with van der Waals surface area (Å²) in [7, 11) is -4.65. The highest BCUT2D eigenvalue weighted by molar-refractivity contribution is 7.92. The first kappa shape index (κ1) is 24.6. The number of ether oxygens (including phenoxy) is 1. The first-order valence-electron chi connectivity index (χ1n) is 9.37. The molecule has 1 amide bonds. The Morgan fingerprint density at radius 3 is 1.97 bits per heavy atom. The number of carbonyl (C=O) groups excluding carboxylic acids is 1. The lowest BCUT2D eigenvalue weighted by atomic mass is 10.3. The number of nitrogens with zero attached hydrogens (tertiary/aromatic N) is 2. The summed E-state index contributed by atoms with van der Waals surface area (Å²) in [5, 5.41) is 2.64. The van der Waals surface area contributed by atoms with E-state index in [9.17, 15) is 21.6 Å². The SMILES string of the molecule is CC(C)Oc1ccc(NC(=O)CN(c2ccc(S(=O)(=O)N(C)C)cc2)S(C)(=O)=O)cc1. The van der Waals surface area contributed by atoms with Gasteiger partial charge in [0.15, 0.2) is 0 Å². The second-order valence-corrected chi connectivity index (χ2v) is 11.3. The van der Waals surface area contributed by atoms with Gasteiger partial charge in [-0.25, -0.2) is 21.1 Å². The van der Waals surface area contributed by atoms with E-state index in [0.717, 1.165) is 14.9 Å². The minimum atomic E-state index is -3.80. The Balaban J connectivity index is 2.18. The fraction of sp³-hybridized carbons (Fsp3) is 0.350. The van der Waals surface area contributed by atoms with E-state index in [4.69, 9.17) is 4.74 Å². The van der Waals surface area contributed by atoms with Gasteiger partial charge >= 0.3 is 0 Å². The molecule has 0 bridgehead atoms. The van der Waals surface area contributed by atoms with Gasteiger partial charge in [-0.2, -0.15) is 0 Å². The number of anilines is 2. The predicted molar refractivity (Wildman–Crippen MR) is 120 cm³/mol. The number of hydrogen-bond acceptors (Lipinski definition) is 6. The number of benzene rings is 2. The molecule has 2 aromatic carbocycles. The number of nitrogens with one attached hydrogen (secondary N) is 1. The van der Waals surface area contributed by atoms with Crippen LogP contribution < -0.4 is 14.4 Å². The molecule has 0 spiro atoms. The van der Waals surface area contributed by atoms with Crippen LogP contribution in [0.1, 0.15) is 13.8 Å². The van der Waals surface area contributed by atoms with Gasteiger partial charge in [0.1, 0.15) is 12.3 Å². The highest BCUT2D eigenvalue weighted by Crippen LogP contribution is 2.22. The molecule has 0 saturated heterocycles. The monoisotopic (exact) mass is 469 g/mol. The summed E-state index contributed by atoms with van der Waals surface area (Å²) in [5.74, 6) is 0.103. The van der Waals surface area contributed by atoms with Crippen LogP contribution in [0.5, 0.6) is 5.75 Å². The third kappa shape index (κ3) is 6.68. The molecule has 31 heavy (non-hydrogen) atoms. The first-order valence-corrected chi connectivity index (χ1v) is 12.7. The van der Waals surface area contributed by atoms with Crippen LogP contribution in [0.2, 0.25) is 0 Å². The van der Waals surface area contributed by atoms with Gasteiger partial charge in [-0.3, -0.25) is 9.10 Å². The Morgan fingerprint density at radius 2 is 1.52 bits per heavy atom. The second-order valence-electron chi connectivity index (χ2n) is 7.29. The van der Waals surface area contributed by atoms with E-state index in [1.807, 2.05) is 13.8 Å². The van der Waals surface area contributed by atoms with Crippen molar-refractivity contribution in [2.45, 2.75) is 24.8 Å². The van der Waals surface area contributed by atoms with E-state index >= 15 is 0 Å². The van der Waals surface area contributed by atoms with Crippen LogP contribution in [0.25, 0.3) is 0 Å². The largest absolute Gasteiger partial charge is 0.491 e. The van der Waals surface area contributed by atoms with Crippen molar-refractivity contribution in [1.29, 1.82) is 0 Å². The average Bonchev–Trinajstić information content (AvgIpc) is 2.66. The summed E-state index contributed by atoms with van der Waals surface area (Å²) in [6.07, 6.45) is 0.992. The molecule has 0 aromatic heterocycles. The lowest BCUT2D eigenvalue weighted by Gasteiger charge is -2.22. The zero-order valence-corrected chi connectivity index (χ0v) is 19.7. The highest BCUT2D eigenvalue weighted by Gasteiger charge is 2.23. The maximum atomic E-state index is 12.5. The zero-order chi connectivity index (χ0) is 23.4. The van der Waals surface area contributed by atoms with Crippen LogP contribution in [-0.2, 0) is 24.8 Å². The van der Waals surface area contributed by atoms with E-state index in [2.05, 4.69) is 5.32 Å². The molecule has 0 saturated carbocycles. The van der Waals surface area contributed by atoms with Crippen molar-refractivity contribution < 1.29 is 26.4 Å². The lowest BCUT2D eigenvalue weighted by Crippen LogP contribution is -2.37. The van der Waals surface area contributed by atoms with Crippen molar-refractivity contribution in [2.24, 2.45) is 0 Å². The fourth-order valence-corrected chi connectivity index (χ4v) is 4.37. The van der Waals surface area contributed by atoms with Gasteiger partial charge < -0.3 is 10.1 Å². The summed E-state index contributed by atoms with van der Waals surface area (Å²) >= 11 is 0. The predicted octanol–water partition coefficient (Wildman–Crippen LogP) is 2.13. The smallest absolute Gasteiger partial charge is 0.245 e. The van der Waals surface area contributed by atoms with Crippen LogP contribution in [0.3, 0.4) is 0 Å². The van der Waals surface area contributed by atoms with Crippen molar-refractivity contribution in [3.05, 3.63) is 48.5 Å². The molecule has 1 N–H and O–H groups in total. The average molecular weight is 470 g/mol. The Hall–Kier alpha value is -2.63. The van der Waals surface area contributed by atoms with Crippen LogP contribution in [0.4, 0.5) is 11.4 Å². The topological polar surface area (TPSA) is 113 Å². The third-order valence-corrected chi connectivity index (χ3v) is 7.07. The number of amides is 1. The molecule has 2 aromatic rings. The van der Waals surface area contributed by atoms with Gasteiger partial charge in [-0.1, -0.05) is 0 Å². The van der Waals surface area contributed by atoms with E-state index in [0.29, 0.717) is 11.4 Å². The Kier molecular flexibility index (Phi) is 7.68. The summed E-state index contributed by atoms with van der Waals surface area (Å²) in [5.41, 5.74) is 0.665. The van der Waals surface area contributed by atoms with Gasteiger partial charge in [0.2, 0.25) is 26.0 Å². The first-order chi connectivity index (χ1) is 14.3. The molecular weight excluding hydrogens is 442 g/mol. The molecule has 0 atom stereocenters. The fourth-order valence-electron chi connectivity index (χ4n) is 2.62. The lowest BCUT2D eigenvalue weighted by molar-refractivity contribution is -0.114. The molecule has 0 unspecified atom stereocenters. The molecule has 2 rings (SSSR count). The van der Waals surface area contributed by atoms with E-state index in [-0.39, 0.29) is 16.7 Å². The van der Waals surface area contributed by atoms with Gasteiger partial charge in [0.05, 0.1) is 22.9 Å². The maximum absolute atomic E-state index is 12.5. The molecule has 0 aliphatic carbocycles. The Bertz CT molecular complexity index is 1110. The van der Waals surface area contributed by atoms with Crippen LogP contribution in [-0.4, -0.2) is 60.0 Å². The van der Waals surface area contributed by atoms with Crippen molar-refractivity contribution in [3.8, 4) is 5.75 Å². The van der Waals surface area contributed by atoms with Gasteiger partial charge in [0.25, 0.3) is 0 Å². The summed E-state index contributed by atoms with van der Waals surface area (Å²) < 4.78 is 56.4. The zero-order valence-electron chi connectivity index (χ0n) is 18.1. The normalized spacial score (nSPS) is 12.1. The van der Waals surface area contributed by atoms with Gasteiger partial charge in [0, 0.05) is 19.8 Å². The van der Waals surface area contributed by atoms with E-state index in [1.165, 1.54) is 38.4 Å². The summed E-state index contributed by atoms with van der Waals surface area (Å²) in [4.78, 5) is 12.5. The number of hydrogen-bond donors (Lipinski definition) is 1. The number of sulfonamides is 2. The van der Waals surface area contributed by atoms with Crippen molar-refractivity contribution >= 4 is 37.3 Å². The van der Waals surface area contributed by atoms with Crippen molar-refractivity contribution in [3.63, 3.8) is 0 Å². The number of rotatable bonds is 9. The van der Waals surface area contributed by atoms with Crippen molar-refractivity contribution in [2.75, 3.05) is 36.5 Å². The molecule has 11 heteroatoms. The molecule has 0 aliphatic heterocycles. The third-order valence-electron chi connectivity index (χ3n) is 4.10. The summed E-state index contributed by atoms with van der Waals surface area (Å²) in [6.45, 7) is 3.33. The van der Waals surface area contributed by atoms with Crippen molar-refractivity contribution in [1.82, 2.24) is 4.31 Å². The van der Waals surface area contributed by atoms with Gasteiger partial charge in [-0.15, -0.1) is 0 Å². The Morgan fingerprint density at radius 1 is 0.968 bits per heavy atom. The molecule has 0 aliphatic rings. The maximum Gasteiger partial charge on any atom is 0.245 e. The van der Waals surface area contributed by atoms with E-state index in [1.54, 1.807) is 24.3 Å². The minimum absolute atomic E-state index is 0.0165. The van der Waals surface area contributed by atoms with E-state index < -0.39 is 32.5 Å². The van der Waals surface area contributed by atoms with Gasteiger partial charge in [-0.05, 0) is 62.4 Å². The second kappa shape index (κ2) is 9.67.